The summed E-state index contributed by atoms with van der Waals surface area (Å²) < 4.78 is 45.6. The molecule has 0 unspecified atom stereocenters. The summed E-state index contributed by atoms with van der Waals surface area (Å²) in [4.78, 5) is 76.4. The molecule has 0 N–H and O–H groups in total. The van der Waals surface area contributed by atoms with Crippen molar-refractivity contribution in [1.82, 2.24) is 39.3 Å². The van der Waals surface area contributed by atoms with Gasteiger partial charge in [0.2, 0.25) is 11.8 Å². The molecule has 5 heterocycles. The van der Waals surface area contributed by atoms with Crippen LogP contribution in [0.5, 0.6) is 17.4 Å². The number of amidine groups is 1. The maximum atomic E-state index is 15.1. The molecule has 19 nitrogen and oxygen atoms in total. The molecule has 3 atom stereocenters. The maximum Gasteiger partial charge on any atom is 0.326 e. The first-order chi connectivity index (χ1) is 39.5. The van der Waals surface area contributed by atoms with Crippen LogP contribution in [0.2, 0.25) is 10.0 Å². The van der Waals surface area contributed by atoms with Gasteiger partial charge in [-0.25, -0.2) is 14.2 Å². The number of urea groups is 1. The first-order valence-corrected chi connectivity index (χ1v) is 27.8. The van der Waals surface area contributed by atoms with Gasteiger partial charge in [-0.05, 0) is 99.8 Å². The number of nitriles is 1. The lowest BCUT2D eigenvalue weighted by Gasteiger charge is -2.38. The predicted molar refractivity (Wildman–Crippen MR) is 304 cm³/mol. The number of ether oxygens (including phenoxy) is 5. The zero-order valence-electron chi connectivity index (χ0n) is 46.4. The first-order valence-electron chi connectivity index (χ1n) is 27.0. The summed E-state index contributed by atoms with van der Waals surface area (Å²) in [6.45, 7) is 9.01. The maximum absolute atomic E-state index is 15.1. The standard InChI is InChI=1S/C60H63Cl2FN10O9/c1-36(2)81-52-31-45(78-6)18-20-47(52)57-67-55(39-9-13-41(61)14-10-39)56(40-11-15-42(62)16-12-40)73(57)60(77)71-24-23-70(53(75)35-71)25-27-80-29-28-79-26-21-44(74)8-7-22-72-51(32-64)54-49-33-65-37(3)58(66-49)82-38(4)48-30-43(63)17-19-46(48)59(76)69(5)34-50(54)68-72/h9-20,30-31,33,36,38,55-56H,7-8,21-29,34-35H2,1-6H3/t38-,55-,56+/m1/s1. The molecule has 1 saturated heterocycles. The zero-order valence-corrected chi connectivity index (χ0v) is 48.0. The van der Waals surface area contributed by atoms with E-state index in [2.05, 4.69) is 11.1 Å². The monoisotopic (exact) mass is 1160 g/mol. The predicted octanol–water partition coefficient (Wildman–Crippen LogP) is 9.77. The van der Waals surface area contributed by atoms with E-state index in [1.807, 2.05) is 44.2 Å². The van der Waals surface area contributed by atoms with Crippen molar-refractivity contribution >= 4 is 52.7 Å². The molecule has 0 radical (unpaired) electrons. The molecule has 0 aliphatic carbocycles. The van der Waals surface area contributed by atoms with Crippen LogP contribution < -0.4 is 14.2 Å². The molecule has 1 fully saturated rings. The Balaban J connectivity index is 0.761. The van der Waals surface area contributed by atoms with Gasteiger partial charge >= 0.3 is 6.03 Å². The van der Waals surface area contributed by atoms with Crippen LogP contribution in [0.1, 0.15) is 108 Å². The van der Waals surface area contributed by atoms with Gasteiger partial charge in [-0.15, -0.1) is 0 Å². The Kier molecular flexibility index (Phi) is 18.8. The van der Waals surface area contributed by atoms with Crippen LogP contribution in [-0.4, -0.2) is 142 Å². The van der Waals surface area contributed by atoms with Gasteiger partial charge in [0.1, 0.15) is 59.4 Å². The lowest BCUT2D eigenvalue weighted by molar-refractivity contribution is -0.135. The van der Waals surface area contributed by atoms with Crippen LogP contribution in [0.4, 0.5) is 9.18 Å². The summed E-state index contributed by atoms with van der Waals surface area (Å²) in [6, 6.07) is 24.6. The molecule has 6 aromatic rings. The second kappa shape index (κ2) is 26.3. The fraction of sp³-hybridized carbons (Fsp3) is 0.383. The van der Waals surface area contributed by atoms with E-state index >= 15 is 4.79 Å². The molecule has 0 spiro atoms. The number of methoxy groups -OCH3 is 1. The third-order valence-corrected chi connectivity index (χ3v) is 14.8. The molecule has 2 bridgehead atoms. The lowest BCUT2D eigenvalue weighted by Crippen LogP contribution is -2.56. The van der Waals surface area contributed by atoms with Crippen LogP contribution in [0.15, 0.2) is 96.1 Å². The highest BCUT2D eigenvalue weighted by atomic mass is 35.5. The van der Waals surface area contributed by atoms with E-state index in [1.165, 1.54) is 34.0 Å². The zero-order chi connectivity index (χ0) is 58.2. The van der Waals surface area contributed by atoms with Crippen LogP contribution in [0.3, 0.4) is 0 Å². The fourth-order valence-electron chi connectivity index (χ4n) is 10.1. The smallest absolute Gasteiger partial charge is 0.326 e. The molecular formula is C60H63Cl2FN10O9. The number of nitrogens with zero attached hydrogens (tertiary/aromatic N) is 10. The number of amides is 4. The molecule has 3 aliphatic rings. The molecule has 4 aromatic carbocycles. The average molecular weight is 1160 g/mol. The minimum atomic E-state index is -0.756. The molecule has 4 amide bonds. The summed E-state index contributed by atoms with van der Waals surface area (Å²) in [7, 11) is 3.17. The molecule has 82 heavy (non-hydrogen) atoms. The number of carbonyl (C=O) groups is 4. The Labute approximate surface area is 485 Å². The quantitative estimate of drug-likeness (QED) is 0.0693. The fourth-order valence-corrected chi connectivity index (χ4v) is 10.4. The summed E-state index contributed by atoms with van der Waals surface area (Å²) >= 11 is 12.7. The van der Waals surface area contributed by atoms with Gasteiger partial charge in [0.15, 0.2) is 0 Å². The van der Waals surface area contributed by atoms with E-state index in [0.717, 1.165) is 11.1 Å². The molecule has 9 rings (SSSR count). The Hall–Kier alpha value is -7.96. The summed E-state index contributed by atoms with van der Waals surface area (Å²) in [5, 5.41) is 16.3. The van der Waals surface area contributed by atoms with E-state index in [1.54, 1.807) is 79.1 Å². The molecule has 2 aromatic heterocycles. The van der Waals surface area contributed by atoms with Gasteiger partial charge in [0.05, 0.1) is 86.6 Å². The van der Waals surface area contributed by atoms with Crippen LogP contribution in [-0.2, 0) is 32.2 Å². The third-order valence-electron chi connectivity index (χ3n) is 14.3. The van der Waals surface area contributed by atoms with Crippen LogP contribution in [0, 0.1) is 24.1 Å². The molecule has 0 saturated carbocycles. The minimum absolute atomic E-state index is 0.00488. The normalized spacial score (nSPS) is 17.1. The number of rotatable bonds is 19. The van der Waals surface area contributed by atoms with Gasteiger partial charge in [0.25, 0.3) is 5.91 Å². The number of aryl methyl sites for hydroxylation is 2. The lowest BCUT2D eigenvalue weighted by atomic mass is 9.93. The minimum Gasteiger partial charge on any atom is -0.497 e. The highest BCUT2D eigenvalue weighted by Gasteiger charge is 2.46. The van der Waals surface area contributed by atoms with Crippen molar-refractivity contribution in [2.75, 3.05) is 66.8 Å². The van der Waals surface area contributed by atoms with Crippen molar-refractivity contribution in [3.63, 3.8) is 0 Å². The van der Waals surface area contributed by atoms with Crippen molar-refractivity contribution in [2.45, 2.75) is 84.3 Å². The number of benzene rings is 4. The summed E-state index contributed by atoms with van der Waals surface area (Å²) in [5.74, 6) is 0.412. The van der Waals surface area contributed by atoms with Crippen molar-refractivity contribution in [3.8, 4) is 34.7 Å². The number of hydrogen-bond donors (Lipinski definition) is 0. The number of ketones is 1. The largest absolute Gasteiger partial charge is 0.497 e. The van der Waals surface area contributed by atoms with Gasteiger partial charge in [-0.3, -0.25) is 33.9 Å². The van der Waals surface area contributed by atoms with Crippen molar-refractivity contribution in [3.05, 3.63) is 152 Å². The first kappa shape index (κ1) is 58.7. The topological polar surface area (TPSA) is 207 Å². The highest BCUT2D eigenvalue weighted by molar-refractivity contribution is 6.30. The number of fused-ring (bicyclic) bond motifs is 5. The highest BCUT2D eigenvalue weighted by Crippen LogP contribution is 2.46. The molecular weight excluding hydrogens is 1090 g/mol. The second-order valence-corrected chi connectivity index (χ2v) is 21.2. The van der Waals surface area contributed by atoms with E-state index in [-0.39, 0.29) is 113 Å². The molecule has 3 aliphatic heterocycles. The molecule has 22 heteroatoms. The van der Waals surface area contributed by atoms with Crippen molar-refractivity contribution < 1.29 is 47.3 Å². The molecule has 428 valence electrons. The van der Waals surface area contributed by atoms with Crippen LogP contribution >= 0.6 is 23.2 Å². The van der Waals surface area contributed by atoms with Gasteiger partial charge in [-0.1, -0.05) is 47.5 Å². The van der Waals surface area contributed by atoms with Gasteiger partial charge in [-0.2, -0.15) is 10.4 Å². The summed E-state index contributed by atoms with van der Waals surface area (Å²) in [6.07, 6.45) is 1.29. The van der Waals surface area contributed by atoms with E-state index < -0.39 is 30.0 Å². The van der Waals surface area contributed by atoms with E-state index in [0.29, 0.717) is 74.1 Å². The van der Waals surface area contributed by atoms with Gasteiger partial charge < -0.3 is 38.4 Å². The number of carbonyl (C=O) groups excluding carboxylic acids is 4. The third kappa shape index (κ3) is 13.3. The number of piperazine rings is 1. The van der Waals surface area contributed by atoms with Gasteiger partial charge in [0, 0.05) is 73.3 Å². The Bertz CT molecular complexity index is 3410. The van der Waals surface area contributed by atoms with Crippen LogP contribution in [0.25, 0.3) is 11.3 Å². The summed E-state index contributed by atoms with van der Waals surface area (Å²) in [5.41, 5.74) is 4.56. The second-order valence-electron chi connectivity index (χ2n) is 20.3. The average Bonchev–Trinajstić information content (AvgIpc) is 4.10. The number of hydrogen-bond acceptors (Lipinski definition) is 14. The Morgan fingerprint density at radius 3 is 2.28 bits per heavy atom. The van der Waals surface area contributed by atoms with Crippen molar-refractivity contribution in [2.24, 2.45) is 4.99 Å². The number of Topliss-reactive ketones (excluding diaryl/α,β-unsaturated/α-hetero) is 1. The Morgan fingerprint density at radius 2 is 1.59 bits per heavy atom. The number of halogens is 3. The number of aromatic nitrogens is 4. The number of aliphatic imine (C=N–C) groups is 1. The van der Waals surface area contributed by atoms with E-state index in [9.17, 15) is 24.0 Å². The SMILES string of the molecule is COc1ccc(C2=N[C@H](c3ccc(Cl)cc3)[C@H](c3ccc(Cl)cc3)N2C(=O)N2CCN(CCOCCOCCC(=O)CCCn3nc4c(c3C#N)-c3cnc(C)c(n3)O[C@H](C)c3cc(F)ccc3C(=O)N(C)C4)C(=O)C2)c(OC(C)C)c1. The van der Waals surface area contributed by atoms with Crippen molar-refractivity contribution in [1.29, 1.82) is 5.26 Å². The Morgan fingerprint density at radius 1 is 0.878 bits per heavy atom. The van der Waals surface area contributed by atoms with E-state index in [4.69, 9.17) is 62.0 Å².